The highest BCUT2D eigenvalue weighted by Gasteiger charge is 2.21. The smallest absolute Gasteiger partial charge is 0.221 e. The molecule has 0 heterocycles. The molecule has 25 heavy (non-hydrogen) atoms. The van der Waals surface area contributed by atoms with E-state index in [4.69, 9.17) is 0 Å². The molecular formula is C19H37IN4O. The molecule has 2 aliphatic rings. The standard InChI is InChI=1S/C19H36N4O.HI/c1-15-8-10-16(11-9-15)14-23(3)19(20-2)21-13-12-18(24)22-17-6-4-5-7-17;/h15-17H,4-14H2,1-3H3,(H,20,21)(H,22,24);1H. The SMILES string of the molecule is CN=C(NCCC(=O)NC1CCCC1)N(C)CC1CCC(C)CC1.I. The van der Waals surface area contributed by atoms with Crippen LogP contribution in [0.2, 0.25) is 0 Å². The summed E-state index contributed by atoms with van der Waals surface area (Å²) in [7, 11) is 3.92. The average molecular weight is 464 g/mol. The third-order valence-corrected chi connectivity index (χ3v) is 5.60. The van der Waals surface area contributed by atoms with E-state index in [1.165, 1.54) is 38.5 Å². The van der Waals surface area contributed by atoms with Gasteiger partial charge < -0.3 is 15.5 Å². The van der Waals surface area contributed by atoms with Crippen LogP contribution >= 0.6 is 24.0 Å². The van der Waals surface area contributed by atoms with Gasteiger partial charge in [0, 0.05) is 39.6 Å². The lowest BCUT2D eigenvalue weighted by Crippen LogP contribution is -2.43. The first kappa shape index (κ1) is 22.5. The average Bonchev–Trinajstić information content (AvgIpc) is 3.06. The van der Waals surface area contributed by atoms with E-state index < -0.39 is 0 Å². The summed E-state index contributed by atoms with van der Waals surface area (Å²) in [5.74, 6) is 2.73. The molecule has 0 radical (unpaired) electrons. The highest BCUT2D eigenvalue weighted by atomic mass is 127. The van der Waals surface area contributed by atoms with Gasteiger partial charge in [-0.3, -0.25) is 9.79 Å². The van der Waals surface area contributed by atoms with Crippen molar-refractivity contribution in [1.29, 1.82) is 0 Å². The van der Waals surface area contributed by atoms with Gasteiger partial charge in [-0.2, -0.15) is 0 Å². The van der Waals surface area contributed by atoms with Gasteiger partial charge in [0.25, 0.3) is 0 Å². The highest BCUT2D eigenvalue weighted by molar-refractivity contribution is 14.0. The number of hydrogen-bond donors (Lipinski definition) is 2. The molecule has 0 spiro atoms. The van der Waals surface area contributed by atoms with Gasteiger partial charge in [0.05, 0.1) is 0 Å². The number of rotatable bonds is 6. The molecule has 2 fully saturated rings. The maximum Gasteiger partial charge on any atom is 0.221 e. The van der Waals surface area contributed by atoms with Crippen molar-refractivity contribution in [2.75, 3.05) is 27.2 Å². The van der Waals surface area contributed by atoms with E-state index in [-0.39, 0.29) is 29.9 Å². The molecule has 0 aromatic heterocycles. The molecule has 2 rings (SSSR count). The zero-order valence-corrected chi connectivity index (χ0v) is 18.6. The Labute approximate surface area is 170 Å². The Hall–Kier alpha value is -0.530. The van der Waals surface area contributed by atoms with Crippen LogP contribution in [-0.4, -0.2) is 50.0 Å². The largest absolute Gasteiger partial charge is 0.356 e. The predicted molar refractivity (Wildman–Crippen MR) is 116 cm³/mol. The molecule has 2 aliphatic carbocycles. The third kappa shape index (κ3) is 8.13. The molecule has 2 saturated carbocycles. The van der Waals surface area contributed by atoms with Crippen LogP contribution in [0.3, 0.4) is 0 Å². The second-order valence-corrected chi connectivity index (χ2v) is 7.78. The van der Waals surface area contributed by atoms with Crippen molar-refractivity contribution in [2.24, 2.45) is 16.8 Å². The minimum atomic E-state index is 0. The fraction of sp³-hybridized carbons (Fsp3) is 0.895. The van der Waals surface area contributed by atoms with Crippen LogP contribution in [0.1, 0.15) is 64.7 Å². The molecular weight excluding hydrogens is 427 g/mol. The van der Waals surface area contributed by atoms with E-state index in [9.17, 15) is 4.79 Å². The lowest BCUT2D eigenvalue weighted by Gasteiger charge is -2.31. The van der Waals surface area contributed by atoms with Gasteiger partial charge in [0.2, 0.25) is 5.91 Å². The van der Waals surface area contributed by atoms with Crippen LogP contribution in [-0.2, 0) is 4.79 Å². The second-order valence-electron chi connectivity index (χ2n) is 7.78. The molecule has 0 saturated heterocycles. The first-order valence-electron chi connectivity index (χ1n) is 9.79. The zero-order valence-electron chi connectivity index (χ0n) is 16.2. The maximum atomic E-state index is 12.0. The Morgan fingerprint density at radius 1 is 1.12 bits per heavy atom. The summed E-state index contributed by atoms with van der Waals surface area (Å²) < 4.78 is 0. The zero-order chi connectivity index (χ0) is 17.4. The quantitative estimate of drug-likeness (QED) is 0.360. The first-order valence-corrected chi connectivity index (χ1v) is 9.79. The van der Waals surface area contributed by atoms with Crippen molar-refractivity contribution in [2.45, 2.75) is 70.8 Å². The maximum absolute atomic E-state index is 12.0. The second kappa shape index (κ2) is 12.0. The number of carbonyl (C=O) groups is 1. The Morgan fingerprint density at radius 3 is 2.36 bits per heavy atom. The summed E-state index contributed by atoms with van der Waals surface area (Å²) in [4.78, 5) is 18.6. The molecule has 6 heteroatoms. The van der Waals surface area contributed by atoms with Gasteiger partial charge in [0.1, 0.15) is 0 Å². The van der Waals surface area contributed by atoms with E-state index in [1.54, 1.807) is 0 Å². The van der Waals surface area contributed by atoms with E-state index in [1.807, 2.05) is 7.05 Å². The summed E-state index contributed by atoms with van der Waals surface area (Å²) in [6, 6.07) is 0.410. The molecule has 0 unspecified atom stereocenters. The number of nitrogens with one attached hydrogen (secondary N) is 2. The van der Waals surface area contributed by atoms with Crippen LogP contribution < -0.4 is 10.6 Å². The molecule has 0 aromatic rings. The molecule has 0 bridgehead atoms. The van der Waals surface area contributed by atoms with Gasteiger partial charge in [-0.15, -0.1) is 24.0 Å². The first-order chi connectivity index (χ1) is 11.6. The Kier molecular flexibility index (Phi) is 10.8. The number of amides is 1. The number of aliphatic imine (C=N–C) groups is 1. The summed E-state index contributed by atoms with van der Waals surface area (Å²) in [6.07, 6.45) is 10.7. The lowest BCUT2D eigenvalue weighted by atomic mass is 9.83. The normalized spacial score (nSPS) is 24.5. The summed E-state index contributed by atoms with van der Waals surface area (Å²) >= 11 is 0. The van der Waals surface area contributed by atoms with Crippen molar-refractivity contribution in [3.63, 3.8) is 0 Å². The van der Waals surface area contributed by atoms with Crippen LogP contribution in [0.5, 0.6) is 0 Å². The molecule has 0 aliphatic heterocycles. The fourth-order valence-corrected chi connectivity index (χ4v) is 4.03. The van der Waals surface area contributed by atoms with Crippen LogP contribution in [0, 0.1) is 11.8 Å². The van der Waals surface area contributed by atoms with Crippen molar-refractivity contribution in [1.82, 2.24) is 15.5 Å². The van der Waals surface area contributed by atoms with Crippen molar-refractivity contribution in [3.05, 3.63) is 0 Å². The monoisotopic (exact) mass is 464 g/mol. The van der Waals surface area contributed by atoms with Crippen LogP contribution in [0.15, 0.2) is 4.99 Å². The molecule has 2 N–H and O–H groups in total. The molecule has 0 atom stereocenters. The molecule has 146 valence electrons. The van der Waals surface area contributed by atoms with E-state index in [0.717, 1.165) is 37.2 Å². The summed E-state index contributed by atoms with van der Waals surface area (Å²) in [5, 5.41) is 6.48. The number of hydrogen-bond acceptors (Lipinski definition) is 2. The molecule has 0 aromatic carbocycles. The lowest BCUT2D eigenvalue weighted by molar-refractivity contribution is -0.121. The van der Waals surface area contributed by atoms with Gasteiger partial charge in [-0.25, -0.2) is 0 Å². The van der Waals surface area contributed by atoms with Crippen LogP contribution in [0.4, 0.5) is 0 Å². The molecule has 5 nitrogen and oxygen atoms in total. The fourth-order valence-electron chi connectivity index (χ4n) is 4.03. The van der Waals surface area contributed by atoms with Gasteiger partial charge in [0.15, 0.2) is 5.96 Å². The summed E-state index contributed by atoms with van der Waals surface area (Å²) in [6.45, 7) is 4.06. The number of guanidine groups is 1. The predicted octanol–water partition coefficient (Wildman–Crippen LogP) is 3.39. The number of nitrogens with zero attached hydrogens (tertiary/aromatic N) is 2. The third-order valence-electron chi connectivity index (χ3n) is 5.60. The Balaban J connectivity index is 0.00000312. The van der Waals surface area contributed by atoms with E-state index in [2.05, 4.69) is 34.5 Å². The van der Waals surface area contributed by atoms with E-state index >= 15 is 0 Å². The number of carbonyl (C=O) groups excluding carboxylic acids is 1. The Bertz CT molecular complexity index is 416. The van der Waals surface area contributed by atoms with E-state index in [0.29, 0.717) is 19.0 Å². The minimum absolute atomic E-state index is 0. The van der Waals surface area contributed by atoms with Crippen molar-refractivity contribution < 1.29 is 4.79 Å². The Morgan fingerprint density at radius 2 is 1.76 bits per heavy atom. The highest BCUT2D eigenvalue weighted by Crippen LogP contribution is 2.28. The molecule has 1 amide bonds. The van der Waals surface area contributed by atoms with Crippen molar-refractivity contribution in [3.8, 4) is 0 Å². The summed E-state index contributed by atoms with van der Waals surface area (Å²) in [5.41, 5.74) is 0. The number of halogens is 1. The van der Waals surface area contributed by atoms with Crippen LogP contribution in [0.25, 0.3) is 0 Å². The van der Waals surface area contributed by atoms with Gasteiger partial charge in [-0.05, 0) is 37.5 Å². The minimum Gasteiger partial charge on any atom is -0.356 e. The van der Waals surface area contributed by atoms with Gasteiger partial charge in [-0.1, -0.05) is 32.6 Å². The van der Waals surface area contributed by atoms with Crippen molar-refractivity contribution >= 4 is 35.8 Å². The topological polar surface area (TPSA) is 56.7 Å². The van der Waals surface area contributed by atoms with Gasteiger partial charge >= 0.3 is 0 Å².